The number of aromatic nitrogens is 2. The quantitative estimate of drug-likeness (QED) is 0.0921. The molecule has 1 heterocycles. The van der Waals surface area contributed by atoms with Gasteiger partial charge >= 0.3 is 13.6 Å². The molecule has 1 aromatic heterocycles. The Morgan fingerprint density at radius 2 is 1.76 bits per heavy atom. The average molecular weight is 650 g/mol. The molecule has 1 atom stereocenters. The number of nitrogens with one attached hydrogen (secondary N) is 2. The molecular formula is C32H52N5O7P. The lowest BCUT2D eigenvalue weighted by Crippen LogP contribution is -2.30. The van der Waals surface area contributed by atoms with Gasteiger partial charge in [0.05, 0.1) is 32.9 Å². The van der Waals surface area contributed by atoms with E-state index in [0.29, 0.717) is 42.2 Å². The first-order chi connectivity index (χ1) is 21.2. The smallest absolute Gasteiger partial charge is 0.330 e. The summed E-state index contributed by atoms with van der Waals surface area (Å²) in [7, 11) is -1.61. The van der Waals surface area contributed by atoms with E-state index in [1.165, 1.54) is 0 Å². The lowest BCUT2D eigenvalue weighted by molar-refractivity contribution is -0.155. The SMILES string of the molecule is CCCCC(CC(=O)OC(C)(C)C)Nc1nc(N)nc(C)c1Cc1cc(C(=O)NCCCP(=O)(OCC)OCC)ccc1OC. The molecule has 0 saturated carbocycles. The molecule has 12 nitrogen and oxygen atoms in total. The Morgan fingerprint density at radius 1 is 1.07 bits per heavy atom. The van der Waals surface area contributed by atoms with Gasteiger partial charge in [0, 0.05) is 35.8 Å². The summed E-state index contributed by atoms with van der Waals surface area (Å²) in [4.78, 5) is 34.7. The molecule has 0 saturated heterocycles. The standard InChI is InChI=1S/C32H52N5O7P/c1-9-12-14-25(21-28(38)44-32(5,6)7)36-29-26(22(4)35-31(33)37-29)20-24-19-23(15-16-27(24)41-8)30(39)34-17-13-18-45(40,42-10-2)43-11-3/h15-16,19,25H,9-14,17-18,20-21H2,1-8H3,(H,34,39)(H3,33,35,36,37). The summed E-state index contributed by atoms with van der Waals surface area (Å²) >= 11 is 0. The summed E-state index contributed by atoms with van der Waals surface area (Å²) in [6, 6.07) is 4.98. The van der Waals surface area contributed by atoms with E-state index in [0.717, 1.165) is 30.4 Å². The molecule has 252 valence electrons. The minimum atomic E-state index is -3.18. The maximum absolute atomic E-state index is 13.1. The zero-order chi connectivity index (χ0) is 33.6. The maximum Gasteiger partial charge on any atom is 0.330 e. The van der Waals surface area contributed by atoms with Gasteiger partial charge in [0.2, 0.25) is 5.95 Å². The van der Waals surface area contributed by atoms with Crippen molar-refractivity contribution in [3.63, 3.8) is 0 Å². The van der Waals surface area contributed by atoms with Gasteiger partial charge in [-0.15, -0.1) is 0 Å². The minimum absolute atomic E-state index is 0.114. The number of hydrogen-bond acceptors (Lipinski definition) is 11. The lowest BCUT2D eigenvalue weighted by atomic mass is 9.99. The van der Waals surface area contributed by atoms with E-state index in [-0.39, 0.29) is 49.7 Å². The molecule has 0 fully saturated rings. The Bertz CT molecular complexity index is 1310. The molecule has 2 rings (SSSR count). The van der Waals surface area contributed by atoms with Gasteiger partial charge in [-0.1, -0.05) is 19.8 Å². The van der Waals surface area contributed by atoms with E-state index < -0.39 is 13.2 Å². The van der Waals surface area contributed by atoms with Gasteiger partial charge in [-0.05, 0) is 78.1 Å². The van der Waals surface area contributed by atoms with E-state index in [9.17, 15) is 14.2 Å². The molecule has 1 aromatic carbocycles. The highest BCUT2D eigenvalue weighted by atomic mass is 31.2. The number of carbonyl (C=O) groups is 2. The zero-order valence-corrected chi connectivity index (χ0v) is 29.1. The van der Waals surface area contributed by atoms with Crippen LogP contribution in [-0.2, 0) is 29.6 Å². The lowest BCUT2D eigenvalue weighted by Gasteiger charge is -2.24. The first-order valence-corrected chi connectivity index (χ1v) is 17.4. The number of ether oxygens (including phenoxy) is 2. The Balaban J connectivity index is 2.28. The van der Waals surface area contributed by atoms with Crippen molar-refractivity contribution in [1.82, 2.24) is 15.3 Å². The van der Waals surface area contributed by atoms with Gasteiger partial charge in [-0.25, -0.2) is 4.98 Å². The van der Waals surface area contributed by atoms with Crippen molar-refractivity contribution >= 4 is 31.2 Å². The van der Waals surface area contributed by atoms with Crippen molar-refractivity contribution in [2.75, 3.05) is 44.1 Å². The van der Waals surface area contributed by atoms with Crippen LogP contribution in [0.2, 0.25) is 0 Å². The molecule has 45 heavy (non-hydrogen) atoms. The average Bonchev–Trinajstić information content (AvgIpc) is 2.94. The van der Waals surface area contributed by atoms with Crippen molar-refractivity contribution in [2.24, 2.45) is 0 Å². The van der Waals surface area contributed by atoms with Crippen LogP contribution in [0.3, 0.4) is 0 Å². The Hall–Kier alpha value is -3.21. The molecular weight excluding hydrogens is 597 g/mol. The second kappa shape index (κ2) is 18.1. The van der Waals surface area contributed by atoms with Crippen LogP contribution < -0.4 is 21.1 Å². The molecule has 2 aromatic rings. The van der Waals surface area contributed by atoms with E-state index in [1.807, 2.05) is 27.7 Å². The number of nitrogens with zero attached hydrogens (tertiary/aromatic N) is 2. The molecule has 1 amide bonds. The molecule has 0 radical (unpaired) electrons. The number of aryl methyl sites for hydroxylation is 1. The van der Waals surface area contributed by atoms with Gasteiger partial charge in [0.15, 0.2) is 0 Å². The van der Waals surface area contributed by atoms with Gasteiger partial charge < -0.3 is 34.9 Å². The topological polar surface area (TPSA) is 164 Å². The number of nitrogen functional groups attached to an aromatic ring is 1. The van der Waals surface area contributed by atoms with Gasteiger partial charge in [-0.2, -0.15) is 4.98 Å². The predicted molar refractivity (Wildman–Crippen MR) is 177 cm³/mol. The molecule has 13 heteroatoms. The number of methoxy groups -OCH3 is 1. The second-order valence-electron chi connectivity index (χ2n) is 11.8. The number of anilines is 2. The van der Waals surface area contributed by atoms with Crippen LogP contribution in [-0.4, -0.2) is 66.5 Å². The zero-order valence-electron chi connectivity index (χ0n) is 28.2. The largest absolute Gasteiger partial charge is 0.496 e. The summed E-state index contributed by atoms with van der Waals surface area (Å²) in [6.45, 7) is 13.9. The summed E-state index contributed by atoms with van der Waals surface area (Å²) < 4.78 is 34.6. The van der Waals surface area contributed by atoms with Crippen LogP contribution in [0.1, 0.15) is 101 Å². The van der Waals surface area contributed by atoms with Crippen LogP contribution in [0.25, 0.3) is 0 Å². The molecule has 4 N–H and O–H groups in total. The van der Waals surface area contributed by atoms with Crippen LogP contribution in [0.4, 0.5) is 11.8 Å². The van der Waals surface area contributed by atoms with Gasteiger partial charge in [-0.3, -0.25) is 14.2 Å². The molecule has 1 unspecified atom stereocenters. The highest BCUT2D eigenvalue weighted by Crippen LogP contribution is 2.48. The van der Waals surface area contributed by atoms with Crippen LogP contribution in [0.15, 0.2) is 18.2 Å². The fraction of sp³-hybridized carbons (Fsp3) is 0.625. The van der Waals surface area contributed by atoms with Crippen molar-refractivity contribution in [3.8, 4) is 5.75 Å². The number of nitrogens with two attached hydrogens (primary N) is 1. The van der Waals surface area contributed by atoms with Crippen molar-refractivity contribution in [1.29, 1.82) is 0 Å². The van der Waals surface area contributed by atoms with Crippen molar-refractivity contribution < 1.29 is 32.7 Å². The normalized spacial score (nSPS) is 12.4. The first-order valence-electron chi connectivity index (χ1n) is 15.7. The highest BCUT2D eigenvalue weighted by Gasteiger charge is 2.24. The van der Waals surface area contributed by atoms with Crippen molar-refractivity contribution in [2.45, 2.75) is 98.6 Å². The fourth-order valence-corrected chi connectivity index (χ4v) is 6.45. The van der Waals surface area contributed by atoms with Crippen molar-refractivity contribution in [3.05, 3.63) is 40.6 Å². The predicted octanol–water partition coefficient (Wildman–Crippen LogP) is 6.06. The third-order valence-electron chi connectivity index (χ3n) is 6.77. The number of amides is 1. The highest BCUT2D eigenvalue weighted by molar-refractivity contribution is 7.53. The molecule has 0 spiro atoms. The summed E-state index contributed by atoms with van der Waals surface area (Å²) in [5.74, 6) is 0.662. The van der Waals surface area contributed by atoms with Gasteiger partial charge in [0.25, 0.3) is 5.91 Å². The maximum atomic E-state index is 13.1. The number of rotatable bonds is 19. The number of carbonyl (C=O) groups excluding carboxylic acids is 2. The fourth-order valence-electron chi connectivity index (χ4n) is 4.79. The Labute approximate surface area is 268 Å². The van der Waals surface area contributed by atoms with Gasteiger partial charge in [0.1, 0.15) is 17.2 Å². The Kier molecular flexibility index (Phi) is 15.2. The molecule has 0 aliphatic carbocycles. The monoisotopic (exact) mass is 649 g/mol. The van der Waals surface area contributed by atoms with E-state index >= 15 is 0 Å². The van der Waals surface area contributed by atoms with E-state index in [2.05, 4.69) is 27.5 Å². The van der Waals surface area contributed by atoms with Crippen LogP contribution in [0, 0.1) is 6.92 Å². The van der Waals surface area contributed by atoms with Crippen LogP contribution >= 0.6 is 7.60 Å². The molecule has 0 aliphatic rings. The summed E-state index contributed by atoms with van der Waals surface area (Å²) in [5.41, 5.74) is 8.10. The van der Waals surface area contributed by atoms with E-state index in [1.54, 1.807) is 39.2 Å². The summed E-state index contributed by atoms with van der Waals surface area (Å²) in [5, 5.41) is 6.33. The minimum Gasteiger partial charge on any atom is -0.496 e. The number of esters is 1. The molecule has 0 bridgehead atoms. The molecule has 0 aliphatic heterocycles. The summed E-state index contributed by atoms with van der Waals surface area (Å²) in [6.07, 6.45) is 3.78. The number of unbranched alkanes of at least 4 members (excludes halogenated alkanes) is 1. The Morgan fingerprint density at radius 3 is 2.36 bits per heavy atom. The van der Waals surface area contributed by atoms with E-state index in [4.69, 9.17) is 24.3 Å². The van der Waals surface area contributed by atoms with Crippen LogP contribution in [0.5, 0.6) is 5.75 Å². The number of benzene rings is 1. The third kappa shape index (κ3) is 13.0. The first kappa shape index (κ1) is 38.0. The second-order valence-corrected chi connectivity index (χ2v) is 13.9. The number of hydrogen-bond donors (Lipinski definition) is 3. The third-order valence-corrected chi connectivity index (χ3v) is 8.93.